The summed E-state index contributed by atoms with van der Waals surface area (Å²) in [6.45, 7) is 0.508. The van der Waals surface area contributed by atoms with Crippen molar-refractivity contribution in [2.24, 2.45) is 0 Å². The number of hydrogen-bond acceptors (Lipinski definition) is 2. The van der Waals surface area contributed by atoms with Gasteiger partial charge in [0, 0.05) is 0 Å². The second-order valence-corrected chi connectivity index (χ2v) is 4.72. The number of benzene rings is 2. The first-order chi connectivity index (χ1) is 10.8. The van der Waals surface area contributed by atoms with E-state index >= 15 is 0 Å². The summed E-state index contributed by atoms with van der Waals surface area (Å²) < 4.78 is 71.8. The van der Waals surface area contributed by atoms with E-state index in [4.69, 9.17) is 4.74 Å². The maximum atomic E-state index is 13.5. The third kappa shape index (κ3) is 5.52. The summed E-state index contributed by atoms with van der Waals surface area (Å²) in [5.74, 6) is -4.26. The Hall–Kier alpha value is -2.15. The molecule has 0 aliphatic heterocycles. The molecule has 7 heteroatoms. The normalized spacial score (nSPS) is 11.5. The van der Waals surface area contributed by atoms with Crippen LogP contribution in [0.15, 0.2) is 42.5 Å². The lowest BCUT2D eigenvalue weighted by molar-refractivity contribution is -0.276. The largest absolute Gasteiger partial charge is 0.573 e. The Kier molecular flexibility index (Phi) is 5.54. The minimum atomic E-state index is -5.15. The smallest absolute Gasteiger partial charge is 0.399 e. The van der Waals surface area contributed by atoms with E-state index in [1.165, 1.54) is 0 Å². The highest BCUT2D eigenvalue weighted by Gasteiger charge is 2.34. The molecule has 0 saturated carbocycles. The van der Waals surface area contributed by atoms with Crippen LogP contribution < -0.4 is 4.74 Å². The lowest BCUT2D eigenvalue weighted by atomic mass is 10.1. The van der Waals surface area contributed by atoms with Crippen LogP contribution >= 0.6 is 0 Å². The Bertz CT molecular complexity index is 618. The molecule has 0 heterocycles. The summed E-state index contributed by atoms with van der Waals surface area (Å²) in [7, 11) is 0. The molecule has 0 atom stereocenters. The van der Waals surface area contributed by atoms with Gasteiger partial charge in [-0.15, -0.1) is 13.2 Å². The predicted octanol–water partition coefficient (Wildman–Crippen LogP) is 4.62. The molecule has 2 aromatic rings. The van der Waals surface area contributed by atoms with E-state index in [1.54, 1.807) is 0 Å². The van der Waals surface area contributed by atoms with Crippen molar-refractivity contribution in [1.82, 2.24) is 0 Å². The first-order valence-corrected chi connectivity index (χ1v) is 6.70. The zero-order chi connectivity index (χ0) is 16.9. The van der Waals surface area contributed by atoms with Gasteiger partial charge >= 0.3 is 6.36 Å². The van der Waals surface area contributed by atoms with Crippen molar-refractivity contribution in [3.8, 4) is 5.75 Å². The van der Waals surface area contributed by atoms with E-state index in [-0.39, 0.29) is 18.6 Å². The second-order valence-electron chi connectivity index (χ2n) is 4.72. The van der Waals surface area contributed by atoms with Crippen LogP contribution in [-0.2, 0) is 17.8 Å². The summed E-state index contributed by atoms with van der Waals surface area (Å²) in [5.41, 5.74) is 1.13. The number of ether oxygens (including phenoxy) is 2. The third-order valence-corrected chi connectivity index (χ3v) is 2.92. The van der Waals surface area contributed by atoms with Gasteiger partial charge < -0.3 is 9.47 Å². The average molecular weight is 332 g/mol. The van der Waals surface area contributed by atoms with Crippen molar-refractivity contribution in [1.29, 1.82) is 0 Å². The molecule has 124 valence electrons. The van der Waals surface area contributed by atoms with Crippen LogP contribution in [0.3, 0.4) is 0 Å². The summed E-state index contributed by atoms with van der Waals surface area (Å²) in [6, 6.07) is 10.9. The first kappa shape index (κ1) is 17.2. The topological polar surface area (TPSA) is 18.5 Å². The molecule has 0 saturated heterocycles. The highest BCUT2D eigenvalue weighted by molar-refractivity contribution is 5.31. The average Bonchev–Trinajstić information content (AvgIpc) is 2.48. The lowest BCUT2D eigenvalue weighted by Crippen LogP contribution is -2.19. The summed E-state index contributed by atoms with van der Waals surface area (Å²) in [6.07, 6.45) is -4.99. The van der Waals surface area contributed by atoms with Crippen molar-refractivity contribution < 1.29 is 31.4 Å². The Morgan fingerprint density at radius 3 is 2.04 bits per heavy atom. The minimum Gasteiger partial charge on any atom is -0.399 e. The fourth-order valence-electron chi connectivity index (χ4n) is 1.92. The van der Waals surface area contributed by atoms with Gasteiger partial charge in [0.25, 0.3) is 0 Å². The quantitative estimate of drug-likeness (QED) is 0.567. The maximum absolute atomic E-state index is 13.5. The van der Waals surface area contributed by atoms with E-state index in [9.17, 15) is 22.0 Å². The molecule has 0 radical (unpaired) electrons. The highest BCUT2D eigenvalue weighted by atomic mass is 19.4. The molecule has 0 unspecified atom stereocenters. The fourth-order valence-corrected chi connectivity index (χ4v) is 1.92. The van der Waals surface area contributed by atoms with Gasteiger partial charge in [0.2, 0.25) is 5.75 Å². The Morgan fingerprint density at radius 2 is 1.48 bits per heavy atom. The Labute approximate surface area is 129 Å². The fraction of sp³-hybridized carbons (Fsp3) is 0.250. The van der Waals surface area contributed by atoms with Crippen LogP contribution in [0.5, 0.6) is 5.75 Å². The standard InChI is InChI=1S/C16H13F5O2/c17-13-8-12(9-14(18)15(13)23-16(19,20)21)6-7-22-10-11-4-2-1-3-5-11/h1-5,8-9H,6-7,10H2. The third-order valence-electron chi connectivity index (χ3n) is 2.92. The van der Waals surface area contributed by atoms with Crippen molar-refractivity contribution in [2.45, 2.75) is 19.4 Å². The molecular formula is C16H13F5O2. The Balaban J connectivity index is 1.91. The summed E-state index contributed by atoms with van der Waals surface area (Å²) >= 11 is 0. The van der Waals surface area contributed by atoms with Gasteiger partial charge in [-0.25, -0.2) is 8.78 Å². The van der Waals surface area contributed by atoms with Gasteiger partial charge in [0.1, 0.15) is 0 Å². The van der Waals surface area contributed by atoms with Gasteiger partial charge in [-0.1, -0.05) is 30.3 Å². The van der Waals surface area contributed by atoms with Crippen LogP contribution in [-0.4, -0.2) is 13.0 Å². The SMILES string of the molecule is Fc1cc(CCOCc2ccccc2)cc(F)c1OC(F)(F)F. The van der Waals surface area contributed by atoms with E-state index in [0.29, 0.717) is 6.61 Å². The molecule has 23 heavy (non-hydrogen) atoms. The van der Waals surface area contributed by atoms with Crippen molar-refractivity contribution >= 4 is 0 Å². The highest BCUT2D eigenvalue weighted by Crippen LogP contribution is 2.29. The van der Waals surface area contributed by atoms with Gasteiger partial charge in [-0.3, -0.25) is 0 Å². The van der Waals surface area contributed by atoms with Crippen LogP contribution in [0.25, 0.3) is 0 Å². The van der Waals surface area contributed by atoms with Crippen LogP contribution in [0.2, 0.25) is 0 Å². The van der Waals surface area contributed by atoms with Gasteiger partial charge in [0.05, 0.1) is 13.2 Å². The van der Waals surface area contributed by atoms with E-state index in [0.717, 1.165) is 17.7 Å². The predicted molar refractivity (Wildman–Crippen MR) is 72.8 cm³/mol. The molecule has 2 rings (SSSR count). The maximum Gasteiger partial charge on any atom is 0.573 e. The summed E-state index contributed by atoms with van der Waals surface area (Å²) in [4.78, 5) is 0. The monoisotopic (exact) mass is 332 g/mol. The first-order valence-electron chi connectivity index (χ1n) is 6.70. The van der Waals surface area contributed by atoms with Crippen LogP contribution in [0.1, 0.15) is 11.1 Å². The number of alkyl halides is 3. The van der Waals surface area contributed by atoms with E-state index in [2.05, 4.69) is 4.74 Å². The van der Waals surface area contributed by atoms with Gasteiger partial charge in [0.15, 0.2) is 11.6 Å². The Morgan fingerprint density at radius 1 is 0.870 bits per heavy atom. The molecule has 2 nitrogen and oxygen atoms in total. The zero-order valence-electron chi connectivity index (χ0n) is 11.9. The molecule has 0 aromatic heterocycles. The number of halogens is 5. The number of rotatable bonds is 6. The molecule has 0 fully saturated rings. The van der Waals surface area contributed by atoms with Crippen molar-refractivity contribution in [3.63, 3.8) is 0 Å². The second kappa shape index (κ2) is 7.41. The van der Waals surface area contributed by atoms with Gasteiger partial charge in [-0.2, -0.15) is 0 Å². The van der Waals surface area contributed by atoms with Crippen LogP contribution in [0, 0.1) is 11.6 Å². The molecule has 0 bridgehead atoms. The zero-order valence-corrected chi connectivity index (χ0v) is 11.9. The molecule has 0 aliphatic carbocycles. The van der Waals surface area contributed by atoms with Crippen molar-refractivity contribution in [2.75, 3.05) is 6.61 Å². The summed E-state index contributed by atoms with van der Waals surface area (Å²) in [5, 5.41) is 0. The molecule has 0 spiro atoms. The molecule has 0 N–H and O–H groups in total. The van der Waals surface area contributed by atoms with E-state index in [1.807, 2.05) is 30.3 Å². The van der Waals surface area contributed by atoms with Crippen molar-refractivity contribution in [3.05, 3.63) is 65.2 Å². The molecule has 0 aliphatic rings. The number of hydrogen-bond donors (Lipinski definition) is 0. The van der Waals surface area contributed by atoms with Gasteiger partial charge in [-0.05, 0) is 29.7 Å². The van der Waals surface area contributed by atoms with Crippen LogP contribution in [0.4, 0.5) is 22.0 Å². The minimum absolute atomic E-state index is 0.160. The molecular weight excluding hydrogens is 319 g/mol. The molecule has 0 amide bonds. The molecule has 2 aromatic carbocycles. The van der Waals surface area contributed by atoms with E-state index < -0.39 is 23.7 Å². The lowest BCUT2D eigenvalue weighted by Gasteiger charge is -2.12.